The Morgan fingerprint density at radius 2 is 1.87 bits per heavy atom. The van der Waals surface area contributed by atoms with Crippen LogP contribution in [0.5, 0.6) is 5.75 Å². The van der Waals surface area contributed by atoms with Crippen molar-refractivity contribution >= 4 is 17.4 Å². The van der Waals surface area contributed by atoms with Gasteiger partial charge in [0.15, 0.2) is 0 Å². The predicted molar refractivity (Wildman–Crippen MR) is 96.3 cm³/mol. The number of hydrogen-bond acceptors (Lipinski definition) is 2. The average molecular weight is 337 g/mol. The van der Waals surface area contributed by atoms with Crippen molar-refractivity contribution in [3.05, 3.63) is 29.8 Å². The van der Waals surface area contributed by atoms with Crippen molar-refractivity contribution in [3.63, 3.8) is 0 Å². The zero-order valence-electron chi connectivity index (χ0n) is 14.4. The second-order valence-electron chi connectivity index (χ2n) is 6.75. The molecular weight excluding hydrogens is 308 g/mol. The predicted octanol–water partition coefficient (Wildman–Crippen LogP) is 5.41. The molecule has 128 valence electrons. The minimum absolute atomic E-state index is 0.162. The van der Waals surface area contributed by atoms with E-state index in [1.165, 1.54) is 5.56 Å². The summed E-state index contributed by atoms with van der Waals surface area (Å²) in [7, 11) is 1.68. The van der Waals surface area contributed by atoms with Gasteiger partial charge in [0, 0.05) is 17.7 Å². The summed E-state index contributed by atoms with van der Waals surface area (Å²) in [6, 6.07) is 8.16. The summed E-state index contributed by atoms with van der Waals surface area (Å²) in [4.78, 5) is 12.1. The van der Waals surface area contributed by atoms with Crippen LogP contribution >= 0.6 is 11.6 Å². The highest BCUT2D eigenvalue weighted by Crippen LogP contribution is 2.35. The van der Waals surface area contributed by atoms with Crippen LogP contribution in [0, 0.1) is 11.8 Å². The fourth-order valence-corrected chi connectivity index (χ4v) is 3.94. The zero-order chi connectivity index (χ0) is 16.7. The molecule has 0 radical (unpaired) electrons. The van der Waals surface area contributed by atoms with Crippen LogP contribution in [-0.2, 0) is 11.2 Å². The first-order chi connectivity index (χ1) is 11.1. The summed E-state index contributed by atoms with van der Waals surface area (Å²) in [6.45, 7) is 2.14. The van der Waals surface area contributed by atoms with E-state index in [4.69, 9.17) is 16.3 Å². The number of rotatable bonds is 8. The van der Waals surface area contributed by atoms with Crippen LogP contribution in [-0.4, -0.2) is 18.3 Å². The van der Waals surface area contributed by atoms with Gasteiger partial charge in [-0.25, -0.2) is 0 Å². The molecule has 23 heavy (non-hydrogen) atoms. The molecule has 0 aliphatic heterocycles. The van der Waals surface area contributed by atoms with E-state index in [0.717, 1.165) is 57.1 Å². The number of carbonyl (C=O) groups excluding carboxylic acids is 1. The van der Waals surface area contributed by atoms with Gasteiger partial charge >= 0.3 is 0 Å². The zero-order valence-corrected chi connectivity index (χ0v) is 15.1. The molecule has 1 aliphatic carbocycles. The topological polar surface area (TPSA) is 26.3 Å². The molecule has 0 saturated heterocycles. The molecule has 1 aromatic rings. The van der Waals surface area contributed by atoms with Crippen LogP contribution in [0.1, 0.15) is 57.4 Å². The number of carbonyl (C=O) groups is 1. The third-order valence-corrected chi connectivity index (χ3v) is 5.62. The molecule has 2 rings (SSSR count). The average Bonchev–Trinajstić information content (AvgIpc) is 2.60. The van der Waals surface area contributed by atoms with E-state index in [1.807, 2.05) is 12.1 Å². The van der Waals surface area contributed by atoms with Crippen molar-refractivity contribution < 1.29 is 9.53 Å². The van der Waals surface area contributed by atoms with Gasteiger partial charge in [-0.2, -0.15) is 0 Å². The highest BCUT2D eigenvalue weighted by Gasteiger charge is 2.29. The van der Waals surface area contributed by atoms with Crippen molar-refractivity contribution in [2.24, 2.45) is 11.8 Å². The van der Waals surface area contributed by atoms with Gasteiger partial charge in [-0.3, -0.25) is 4.79 Å². The lowest BCUT2D eigenvalue weighted by Gasteiger charge is -2.30. The van der Waals surface area contributed by atoms with Crippen molar-refractivity contribution in [3.8, 4) is 5.75 Å². The molecule has 2 nitrogen and oxygen atoms in total. The maximum atomic E-state index is 12.1. The van der Waals surface area contributed by atoms with Gasteiger partial charge < -0.3 is 4.74 Å². The molecular formula is C20H29ClO2. The highest BCUT2D eigenvalue weighted by atomic mass is 35.5. The lowest BCUT2D eigenvalue weighted by molar-refractivity contribution is -0.124. The summed E-state index contributed by atoms with van der Waals surface area (Å²) in [5.41, 5.74) is 1.26. The van der Waals surface area contributed by atoms with Gasteiger partial charge in [-0.1, -0.05) is 25.5 Å². The van der Waals surface area contributed by atoms with Crippen molar-refractivity contribution in [1.82, 2.24) is 0 Å². The number of benzene rings is 1. The molecule has 1 unspecified atom stereocenters. The van der Waals surface area contributed by atoms with Crippen LogP contribution in [0.4, 0.5) is 0 Å². The smallest absolute Gasteiger partial charge is 0.135 e. The minimum Gasteiger partial charge on any atom is -0.497 e. The highest BCUT2D eigenvalue weighted by molar-refractivity contribution is 6.20. The fourth-order valence-electron chi connectivity index (χ4n) is 3.51. The van der Waals surface area contributed by atoms with Crippen LogP contribution in [0.15, 0.2) is 24.3 Å². The summed E-state index contributed by atoms with van der Waals surface area (Å²) >= 11 is 6.66. The van der Waals surface area contributed by atoms with E-state index in [2.05, 4.69) is 19.1 Å². The molecule has 1 saturated carbocycles. The Morgan fingerprint density at radius 3 is 2.43 bits per heavy atom. The summed E-state index contributed by atoms with van der Waals surface area (Å²) in [5.74, 6) is 2.19. The third kappa shape index (κ3) is 5.53. The van der Waals surface area contributed by atoms with E-state index in [-0.39, 0.29) is 5.38 Å². The number of alkyl halides is 1. The van der Waals surface area contributed by atoms with E-state index in [9.17, 15) is 4.79 Å². The van der Waals surface area contributed by atoms with Gasteiger partial charge in [-0.15, -0.1) is 11.6 Å². The molecule has 0 heterocycles. The maximum absolute atomic E-state index is 12.1. The van der Waals surface area contributed by atoms with Gasteiger partial charge in [0.05, 0.1) is 7.11 Å². The lowest BCUT2D eigenvalue weighted by Crippen LogP contribution is -2.27. The Balaban J connectivity index is 1.78. The van der Waals surface area contributed by atoms with Crippen molar-refractivity contribution in [2.75, 3.05) is 7.11 Å². The summed E-state index contributed by atoms with van der Waals surface area (Å²) in [6.07, 6.45) is 8.03. The molecule has 0 bridgehead atoms. The van der Waals surface area contributed by atoms with Crippen LogP contribution in [0.25, 0.3) is 0 Å². The number of methoxy groups -OCH3 is 1. The molecule has 1 fully saturated rings. The molecule has 1 aromatic carbocycles. The SMILES string of the molecule is CCCCC(=O)C1CCC(C(Cl)Cc2ccc(OC)cc2)CC1. The lowest BCUT2D eigenvalue weighted by atomic mass is 9.77. The number of ketones is 1. The molecule has 1 aliphatic rings. The number of Topliss-reactive ketones (excluding diaryl/α,β-unsaturated/α-hetero) is 1. The van der Waals surface area contributed by atoms with Gasteiger partial charge in [0.1, 0.15) is 11.5 Å². The molecule has 3 heteroatoms. The van der Waals surface area contributed by atoms with E-state index < -0.39 is 0 Å². The van der Waals surface area contributed by atoms with Crippen LogP contribution in [0.2, 0.25) is 0 Å². The molecule has 0 aromatic heterocycles. The molecule has 0 spiro atoms. The van der Waals surface area contributed by atoms with Gasteiger partial charge in [-0.05, 0) is 62.1 Å². The number of hydrogen-bond donors (Lipinski definition) is 0. The Kier molecular flexibility index (Phi) is 7.42. The second kappa shape index (κ2) is 9.32. The third-order valence-electron chi connectivity index (χ3n) is 5.11. The van der Waals surface area contributed by atoms with Crippen molar-refractivity contribution in [2.45, 2.75) is 63.7 Å². The first-order valence-electron chi connectivity index (χ1n) is 8.93. The fraction of sp³-hybridized carbons (Fsp3) is 0.650. The minimum atomic E-state index is 0.162. The molecule has 0 N–H and O–H groups in total. The standard InChI is InChI=1S/C20H29ClO2/c1-3-4-5-20(22)17-10-8-16(9-11-17)19(21)14-15-6-12-18(23-2)13-7-15/h6-7,12-13,16-17,19H,3-5,8-11,14H2,1-2H3. The van der Waals surface area contributed by atoms with E-state index >= 15 is 0 Å². The first kappa shape index (κ1) is 18.3. The van der Waals surface area contributed by atoms with Crippen LogP contribution < -0.4 is 4.74 Å². The maximum Gasteiger partial charge on any atom is 0.135 e. The van der Waals surface area contributed by atoms with E-state index in [1.54, 1.807) is 7.11 Å². The first-order valence-corrected chi connectivity index (χ1v) is 9.37. The van der Waals surface area contributed by atoms with Gasteiger partial charge in [0.25, 0.3) is 0 Å². The Morgan fingerprint density at radius 1 is 1.22 bits per heavy atom. The van der Waals surface area contributed by atoms with Crippen molar-refractivity contribution in [1.29, 1.82) is 0 Å². The van der Waals surface area contributed by atoms with E-state index in [0.29, 0.717) is 17.6 Å². The second-order valence-corrected chi connectivity index (χ2v) is 7.31. The Labute approximate surface area is 145 Å². The number of ether oxygens (including phenoxy) is 1. The summed E-state index contributed by atoms with van der Waals surface area (Å²) < 4.78 is 5.19. The monoisotopic (exact) mass is 336 g/mol. The quantitative estimate of drug-likeness (QED) is 0.593. The molecule has 0 amide bonds. The number of unbranched alkanes of at least 4 members (excludes halogenated alkanes) is 1. The van der Waals surface area contributed by atoms with Gasteiger partial charge in [0.2, 0.25) is 0 Å². The Bertz CT molecular complexity index is 475. The molecule has 1 atom stereocenters. The normalized spacial score (nSPS) is 22.6. The largest absolute Gasteiger partial charge is 0.497 e. The number of halogens is 1. The Hall–Kier alpha value is -1.02. The summed E-state index contributed by atoms with van der Waals surface area (Å²) in [5, 5.41) is 0.162. The van der Waals surface area contributed by atoms with Crippen LogP contribution in [0.3, 0.4) is 0 Å².